The van der Waals surface area contributed by atoms with Crippen LogP contribution in [0.1, 0.15) is 23.3 Å². The van der Waals surface area contributed by atoms with Gasteiger partial charge in [-0.3, -0.25) is 0 Å². The van der Waals surface area contributed by atoms with E-state index in [9.17, 15) is 0 Å². The van der Waals surface area contributed by atoms with Gasteiger partial charge in [0.2, 0.25) is 5.89 Å². The van der Waals surface area contributed by atoms with Crippen LogP contribution in [0.5, 0.6) is 11.5 Å². The number of nitrogens with zero attached hydrogens (tertiary/aromatic N) is 2. The second-order valence-electron chi connectivity index (χ2n) is 5.00. The summed E-state index contributed by atoms with van der Waals surface area (Å²) in [6.45, 7) is 2.05. The van der Waals surface area contributed by atoms with Crippen molar-refractivity contribution in [1.29, 1.82) is 0 Å². The number of ether oxygens (including phenoxy) is 3. The van der Waals surface area contributed by atoms with Crippen LogP contribution in [0.25, 0.3) is 0 Å². The SMILES string of the molecule is COc1ccc(Cc2noc(C3COCCN3)n2)cc1OC.Cl. The first-order valence-corrected chi connectivity index (χ1v) is 7.14. The van der Waals surface area contributed by atoms with Crippen LogP contribution in [-0.2, 0) is 11.2 Å². The van der Waals surface area contributed by atoms with E-state index in [0.717, 1.165) is 12.1 Å². The molecule has 0 bridgehead atoms. The Bertz CT molecular complexity index is 629. The van der Waals surface area contributed by atoms with Crippen LogP contribution in [0.3, 0.4) is 0 Å². The third-order valence-corrected chi connectivity index (χ3v) is 3.51. The summed E-state index contributed by atoms with van der Waals surface area (Å²) in [5, 5.41) is 7.32. The highest BCUT2D eigenvalue weighted by molar-refractivity contribution is 5.85. The van der Waals surface area contributed by atoms with Crippen molar-refractivity contribution in [1.82, 2.24) is 15.5 Å². The molecule has 0 amide bonds. The summed E-state index contributed by atoms with van der Waals surface area (Å²) in [5.41, 5.74) is 1.03. The molecule has 0 saturated carbocycles. The first-order chi connectivity index (χ1) is 10.8. The minimum Gasteiger partial charge on any atom is -0.493 e. The van der Waals surface area contributed by atoms with Crippen molar-refractivity contribution in [2.45, 2.75) is 12.5 Å². The predicted molar refractivity (Wildman–Crippen MR) is 85.5 cm³/mol. The van der Waals surface area contributed by atoms with Gasteiger partial charge in [0.1, 0.15) is 6.04 Å². The first kappa shape index (κ1) is 17.5. The van der Waals surface area contributed by atoms with Gasteiger partial charge in [0, 0.05) is 13.0 Å². The Kier molecular flexibility index (Phi) is 6.20. The summed E-state index contributed by atoms with van der Waals surface area (Å²) < 4.78 is 21.2. The second-order valence-corrected chi connectivity index (χ2v) is 5.00. The molecule has 1 atom stereocenters. The zero-order valence-electron chi connectivity index (χ0n) is 13.1. The van der Waals surface area contributed by atoms with Crippen LogP contribution < -0.4 is 14.8 Å². The van der Waals surface area contributed by atoms with Gasteiger partial charge in [0.15, 0.2) is 17.3 Å². The van der Waals surface area contributed by atoms with E-state index in [1.54, 1.807) is 14.2 Å². The third kappa shape index (κ3) is 4.13. The molecule has 7 nitrogen and oxygen atoms in total. The number of nitrogens with one attached hydrogen (secondary N) is 1. The number of rotatable bonds is 5. The van der Waals surface area contributed by atoms with E-state index in [0.29, 0.717) is 42.8 Å². The van der Waals surface area contributed by atoms with E-state index in [1.165, 1.54) is 0 Å². The number of benzene rings is 1. The van der Waals surface area contributed by atoms with E-state index in [-0.39, 0.29) is 18.4 Å². The van der Waals surface area contributed by atoms with E-state index in [4.69, 9.17) is 18.7 Å². The number of methoxy groups -OCH3 is 2. The van der Waals surface area contributed by atoms with Gasteiger partial charge >= 0.3 is 0 Å². The number of hydrogen-bond acceptors (Lipinski definition) is 7. The highest BCUT2D eigenvalue weighted by atomic mass is 35.5. The molecule has 1 aliphatic heterocycles. The molecule has 23 heavy (non-hydrogen) atoms. The maximum Gasteiger partial charge on any atom is 0.246 e. The molecule has 1 unspecified atom stereocenters. The van der Waals surface area contributed by atoms with Crippen molar-refractivity contribution in [3.8, 4) is 11.5 Å². The second kappa shape index (κ2) is 8.14. The third-order valence-electron chi connectivity index (χ3n) is 3.51. The van der Waals surface area contributed by atoms with Crippen LogP contribution >= 0.6 is 12.4 Å². The molecule has 3 rings (SSSR count). The van der Waals surface area contributed by atoms with Crippen LogP contribution in [0.15, 0.2) is 22.7 Å². The Morgan fingerprint density at radius 2 is 2.09 bits per heavy atom. The minimum atomic E-state index is -0.0274. The molecule has 0 spiro atoms. The van der Waals surface area contributed by atoms with Crippen molar-refractivity contribution >= 4 is 12.4 Å². The Hall–Kier alpha value is -1.83. The summed E-state index contributed by atoms with van der Waals surface area (Å²) >= 11 is 0. The summed E-state index contributed by atoms with van der Waals surface area (Å²) in [7, 11) is 3.23. The largest absolute Gasteiger partial charge is 0.493 e. The fourth-order valence-corrected chi connectivity index (χ4v) is 2.38. The lowest BCUT2D eigenvalue weighted by Crippen LogP contribution is -2.34. The molecule has 1 fully saturated rings. The molecule has 0 aliphatic carbocycles. The molecule has 126 valence electrons. The summed E-state index contributed by atoms with van der Waals surface area (Å²) in [5.74, 6) is 2.58. The van der Waals surface area contributed by atoms with Gasteiger partial charge < -0.3 is 24.1 Å². The lowest BCUT2D eigenvalue weighted by molar-refractivity contribution is 0.0659. The van der Waals surface area contributed by atoms with E-state index >= 15 is 0 Å². The van der Waals surface area contributed by atoms with Gasteiger partial charge in [0.25, 0.3) is 0 Å². The van der Waals surface area contributed by atoms with Crippen LogP contribution in [-0.4, -0.2) is 44.1 Å². The Morgan fingerprint density at radius 1 is 1.26 bits per heavy atom. The molecule has 0 radical (unpaired) electrons. The first-order valence-electron chi connectivity index (χ1n) is 7.14. The minimum absolute atomic E-state index is 0. The van der Waals surface area contributed by atoms with Crippen molar-refractivity contribution in [3.63, 3.8) is 0 Å². The molecule has 8 heteroatoms. The highest BCUT2D eigenvalue weighted by Crippen LogP contribution is 2.28. The molecule has 2 heterocycles. The van der Waals surface area contributed by atoms with Crippen LogP contribution in [0, 0.1) is 0 Å². The van der Waals surface area contributed by atoms with Gasteiger partial charge in [-0.2, -0.15) is 4.98 Å². The van der Waals surface area contributed by atoms with Gasteiger partial charge in [-0.25, -0.2) is 0 Å². The normalized spacial score (nSPS) is 17.4. The fourth-order valence-electron chi connectivity index (χ4n) is 2.38. The average Bonchev–Trinajstić information content (AvgIpc) is 3.04. The summed E-state index contributed by atoms with van der Waals surface area (Å²) in [4.78, 5) is 4.43. The Morgan fingerprint density at radius 3 is 2.78 bits per heavy atom. The lowest BCUT2D eigenvalue weighted by atomic mass is 10.1. The number of halogens is 1. The zero-order valence-corrected chi connectivity index (χ0v) is 13.9. The molecule has 1 aromatic heterocycles. The van der Waals surface area contributed by atoms with Gasteiger partial charge in [-0.1, -0.05) is 11.2 Å². The summed E-state index contributed by atoms with van der Waals surface area (Å²) in [6, 6.07) is 5.71. The average molecular weight is 342 g/mol. The number of hydrogen-bond donors (Lipinski definition) is 1. The number of aromatic nitrogens is 2. The Balaban J connectivity index is 0.00000192. The number of morpholine rings is 1. The Labute approximate surface area is 140 Å². The van der Waals surface area contributed by atoms with Crippen LogP contribution in [0.4, 0.5) is 0 Å². The highest BCUT2D eigenvalue weighted by Gasteiger charge is 2.21. The molecule has 1 aliphatic rings. The summed E-state index contributed by atoms with van der Waals surface area (Å²) in [6.07, 6.45) is 0.567. The van der Waals surface area contributed by atoms with Crippen molar-refractivity contribution in [2.24, 2.45) is 0 Å². The van der Waals surface area contributed by atoms with Crippen LogP contribution in [0.2, 0.25) is 0 Å². The van der Waals surface area contributed by atoms with E-state index in [1.807, 2.05) is 18.2 Å². The topological polar surface area (TPSA) is 78.6 Å². The molecule has 2 aromatic rings. The van der Waals surface area contributed by atoms with Gasteiger partial charge in [-0.15, -0.1) is 12.4 Å². The van der Waals surface area contributed by atoms with Gasteiger partial charge in [-0.05, 0) is 17.7 Å². The van der Waals surface area contributed by atoms with Gasteiger partial charge in [0.05, 0.1) is 27.4 Å². The zero-order chi connectivity index (χ0) is 15.4. The molecule has 1 saturated heterocycles. The maximum atomic E-state index is 5.40. The molecule has 1 aromatic carbocycles. The molecular formula is C15H20ClN3O4. The quantitative estimate of drug-likeness (QED) is 0.887. The van der Waals surface area contributed by atoms with Crippen molar-refractivity contribution < 1.29 is 18.7 Å². The molecular weight excluding hydrogens is 322 g/mol. The van der Waals surface area contributed by atoms with E-state index in [2.05, 4.69) is 15.5 Å². The smallest absolute Gasteiger partial charge is 0.246 e. The molecule has 1 N–H and O–H groups in total. The fraction of sp³-hybridized carbons (Fsp3) is 0.467. The van der Waals surface area contributed by atoms with E-state index < -0.39 is 0 Å². The predicted octanol–water partition coefficient (Wildman–Crippen LogP) is 1.76. The van der Waals surface area contributed by atoms with Crippen molar-refractivity contribution in [2.75, 3.05) is 34.0 Å². The standard InChI is InChI=1S/C15H19N3O4.ClH/c1-19-12-4-3-10(7-13(12)20-2)8-14-17-15(22-18-14)11-9-21-6-5-16-11;/h3-4,7,11,16H,5-6,8-9H2,1-2H3;1H. The monoisotopic (exact) mass is 341 g/mol. The van der Waals surface area contributed by atoms with Crippen molar-refractivity contribution in [3.05, 3.63) is 35.5 Å². The maximum absolute atomic E-state index is 5.40. The lowest BCUT2D eigenvalue weighted by Gasteiger charge is -2.20.